The minimum absolute atomic E-state index is 0.0153. The van der Waals surface area contributed by atoms with Crippen molar-refractivity contribution in [2.24, 2.45) is 0 Å². The number of hydrogen-bond donors (Lipinski definition) is 2. The number of benzene rings is 1. The minimum Gasteiger partial charge on any atom is -0.466 e. The highest BCUT2D eigenvalue weighted by Gasteiger charge is 2.29. The van der Waals surface area contributed by atoms with Crippen LogP contribution in [0.25, 0.3) is 0 Å². The summed E-state index contributed by atoms with van der Waals surface area (Å²) in [5.41, 5.74) is 0.744. The van der Waals surface area contributed by atoms with E-state index in [2.05, 4.69) is 4.98 Å². The lowest BCUT2D eigenvalue weighted by molar-refractivity contribution is -0.156. The van der Waals surface area contributed by atoms with Crippen LogP contribution in [0, 0.1) is 0 Å². The monoisotopic (exact) mass is 470 g/mol. The number of rotatable bonds is 9. The van der Waals surface area contributed by atoms with Gasteiger partial charge in [0.2, 0.25) is 0 Å². The largest absolute Gasteiger partial charge is 0.466 e. The molecule has 0 spiro atoms. The van der Waals surface area contributed by atoms with Crippen LogP contribution in [-0.4, -0.2) is 42.1 Å². The van der Waals surface area contributed by atoms with Gasteiger partial charge in [-0.15, -0.1) is 11.3 Å². The zero-order chi connectivity index (χ0) is 23.2. The van der Waals surface area contributed by atoms with Crippen LogP contribution in [-0.2, 0) is 42.2 Å². The first-order valence-electron chi connectivity index (χ1n) is 9.53. The number of nitrogens with one attached hydrogen (secondary N) is 1. The quantitative estimate of drug-likeness (QED) is 0.422. The van der Waals surface area contributed by atoms with E-state index in [1.165, 1.54) is 23.5 Å². The van der Waals surface area contributed by atoms with Gasteiger partial charge in [0.15, 0.2) is 0 Å². The number of carbonyl (C=O) groups excluding carboxylic acids is 2. The van der Waals surface area contributed by atoms with Crippen LogP contribution in [0.3, 0.4) is 0 Å². The van der Waals surface area contributed by atoms with Gasteiger partial charge in [-0.3, -0.25) is 18.9 Å². The summed E-state index contributed by atoms with van der Waals surface area (Å²) in [4.78, 5) is 29.0. The van der Waals surface area contributed by atoms with Gasteiger partial charge in [-0.25, -0.2) is 4.98 Å². The summed E-state index contributed by atoms with van der Waals surface area (Å²) < 4.78 is 43.2. The number of thiazole rings is 1. The van der Waals surface area contributed by atoms with Gasteiger partial charge in [0.05, 0.1) is 24.4 Å². The van der Waals surface area contributed by atoms with Gasteiger partial charge in [0.25, 0.3) is 0 Å². The molecule has 0 fully saturated rings. The summed E-state index contributed by atoms with van der Waals surface area (Å²) in [5.74, 6) is -1.56. The number of ether oxygens (including phenoxy) is 2. The summed E-state index contributed by atoms with van der Waals surface area (Å²) in [6, 6.07) is 6.22. The molecule has 0 amide bonds. The fraction of sp³-hybridized carbons (Fsp3) is 0.450. The maximum atomic E-state index is 12.9. The number of hydrogen-bond acceptors (Lipinski definition) is 8. The smallest absolute Gasteiger partial charge is 0.357 e. The number of anilines is 1. The van der Waals surface area contributed by atoms with E-state index >= 15 is 0 Å². The average Bonchev–Trinajstić information content (AvgIpc) is 3.06. The molecule has 0 aliphatic carbocycles. The van der Waals surface area contributed by atoms with Gasteiger partial charge in [-0.1, -0.05) is 12.1 Å². The molecule has 2 N–H and O–H groups in total. The molecule has 31 heavy (non-hydrogen) atoms. The highest BCUT2D eigenvalue weighted by molar-refractivity contribution is 7.87. The standard InChI is InChI=1S/C20H26N2O7S2/c1-5-28-17(23)11-15-12-30-18(21-15)16(19(24)29-20(2,3)4)10-13-6-8-14(9-7-13)22-31(25,26)27/h6-9,12,16,22H,5,10-11H2,1-4H3,(H,25,26,27)/t16-/m1/s1. The molecule has 9 nitrogen and oxygen atoms in total. The second-order valence-electron chi connectivity index (χ2n) is 7.72. The Hall–Kier alpha value is -2.50. The Kier molecular flexibility index (Phi) is 8.15. The Morgan fingerprint density at radius 2 is 1.87 bits per heavy atom. The zero-order valence-electron chi connectivity index (χ0n) is 17.7. The second-order valence-corrected chi connectivity index (χ2v) is 9.77. The van der Waals surface area contributed by atoms with E-state index < -0.39 is 33.8 Å². The van der Waals surface area contributed by atoms with Gasteiger partial charge >= 0.3 is 22.2 Å². The Balaban J connectivity index is 2.24. The van der Waals surface area contributed by atoms with Gasteiger partial charge in [0, 0.05) is 5.38 Å². The van der Waals surface area contributed by atoms with Gasteiger partial charge < -0.3 is 9.47 Å². The molecule has 1 aromatic carbocycles. The van der Waals surface area contributed by atoms with Crippen LogP contribution >= 0.6 is 11.3 Å². The fourth-order valence-electron chi connectivity index (χ4n) is 2.66. The number of nitrogens with zero attached hydrogens (tertiary/aromatic N) is 1. The van der Waals surface area contributed by atoms with Gasteiger partial charge in [0.1, 0.15) is 16.5 Å². The lowest BCUT2D eigenvalue weighted by Gasteiger charge is -2.23. The van der Waals surface area contributed by atoms with Crippen LogP contribution in [0.4, 0.5) is 5.69 Å². The van der Waals surface area contributed by atoms with Crippen LogP contribution in [0.1, 0.15) is 49.9 Å². The van der Waals surface area contributed by atoms with E-state index in [9.17, 15) is 18.0 Å². The Bertz CT molecular complexity index is 1010. The van der Waals surface area contributed by atoms with Crippen LogP contribution in [0.2, 0.25) is 0 Å². The SMILES string of the molecule is CCOC(=O)Cc1csc([C@@H](Cc2ccc(NS(=O)(=O)O)cc2)C(=O)OC(C)(C)C)n1. The highest BCUT2D eigenvalue weighted by atomic mass is 32.2. The number of carbonyl (C=O) groups is 2. The zero-order valence-corrected chi connectivity index (χ0v) is 19.4. The molecule has 0 unspecified atom stereocenters. The second kappa shape index (κ2) is 10.2. The van der Waals surface area contributed by atoms with E-state index in [4.69, 9.17) is 14.0 Å². The Labute approximate surface area is 185 Å². The predicted molar refractivity (Wildman–Crippen MR) is 116 cm³/mol. The average molecular weight is 471 g/mol. The van der Waals surface area contributed by atoms with Crippen molar-refractivity contribution in [1.29, 1.82) is 0 Å². The van der Waals surface area contributed by atoms with Gasteiger partial charge in [-0.05, 0) is 51.8 Å². The molecule has 0 saturated heterocycles. The van der Waals surface area contributed by atoms with Crippen LogP contribution < -0.4 is 4.72 Å². The van der Waals surface area contributed by atoms with Crippen molar-refractivity contribution in [3.05, 3.63) is 45.9 Å². The first kappa shape index (κ1) is 24.8. The number of aromatic nitrogens is 1. The van der Waals surface area contributed by atoms with E-state index in [0.29, 0.717) is 10.7 Å². The fourth-order valence-corrected chi connectivity index (χ4v) is 4.00. The maximum absolute atomic E-state index is 12.9. The van der Waals surface area contributed by atoms with Crippen molar-refractivity contribution < 1.29 is 32.0 Å². The molecule has 0 aliphatic heterocycles. The summed E-state index contributed by atoms with van der Waals surface area (Å²) in [7, 11) is -4.37. The summed E-state index contributed by atoms with van der Waals surface area (Å²) in [5, 5.41) is 2.22. The predicted octanol–water partition coefficient (Wildman–Crippen LogP) is 3.13. The number of esters is 2. The molecule has 1 aromatic heterocycles. The molecule has 2 rings (SSSR count). The minimum atomic E-state index is -4.37. The Morgan fingerprint density at radius 1 is 1.23 bits per heavy atom. The molecule has 1 atom stereocenters. The first-order chi connectivity index (χ1) is 14.4. The molecule has 0 bridgehead atoms. The molecule has 1 heterocycles. The third-order valence-corrected chi connectivity index (χ3v) is 5.33. The molecular formula is C20H26N2O7S2. The van der Waals surface area contributed by atoms with Crippen LogP contribution in [0.15, 0.2) is 29.6 Å². The Morgan fingerprint density at radius 3 is 2.42 bits per heavy atom. The molecule has 11 heteroatoms. The van der Waals surface area contributed by atoms with Crippen molar-refractivity contribution in [3.8, 4) is 0 Å². The van der Waals surface area contributed by atoms with E-state index in [1.54, 1.807) is 45.2 Å². The third kappa shape index (κ3) is 8.64. The molecule has 0 aliphatic rings. The van der Waals surface area contributed by atoms with Crippen molar-refractivity contribution in [2.45, 2.75) is 52.1 Å². The molecule has 170 valence electrons. The van der Waals surface area contributed by atoms with E-state index in [-0.39, 0.29) is 25.1 Å². The molecular weight excluding hydrogens is 444 g/mol. The van der Waals surface area contributed by atoms with Crippen molar-refractivity contribution >= 4 is 39.3 Å². The summed E-state index contributed by atoms with van der Waals surface area (Å²) in [6.45, 7) is 7.31. The first-order valence-corrected chi connectivity index (χ1v) is 11.8. The summed E-state index contributed by atoms with van der Waals surface area (Å²) in [6.07, 6.45) is 0.273. The van der Waals surface area contributed by atoms with Crippen LogP contribution in [0.5, 0.6) is 0 Å². The van der Waals surface area contributed by atoms with E-state index in [1.807, 2.05) is 4.72 Å². The lowest BCUT2D eigenvalue weighted by atomic mass is 9.99. The van der Waals surface area contributed by atoms with Crippen molar-refractivity contribution in [3.63, 3.8) is 0 Å². The van der Waals surface area contributed by atoms with Crippen molar-refractivity contribution in [2.75, 3.05) is 11.3 Å². The molecule has 2 aromatic rings. The third-order valence-electron chi connectivity index (χ3n) is 3.83. The van der Waals surface area contributed by atoms with Crippen molar-refractivity contribution in [1.82, 2.24) is 4.98 Å². The lowest BCUT2D eigenvalue weighted by Crippen LogP contribution is -2.28. The van der Waals surface area contributed by atoms with Gasteiger partial charge in [-0.2, -0.15) is 8.42 Å². The maximum Gasteiger partial charge on any atom is 0.357 e. The van der Waals surface area contributed by atoms with E-state index in [0.717, 1.165) is 5.56 Å². The highest BCUT2D eigenvalue weighted by Crippen LogP contribution is 2.28. The molecule has 0 radical (unpaired) electrons. The summed E-state index contributed by atoms with van der Waals surface area (Å²) >= 11 is 1.26. The normalized spacial score (nSPS) is 12.8. The molecule has 0 saturated carbocycles. The topological polar surface area (TPSA) is 132 Å².